The minimum absolute atomic E-state index is 0.142. The molecule has 2 amide bonds. The van der Waals surface area contributed by atoms with Crippen molar-refractivity contribution in [3.63, 3.8) is 0 Å². The van der Waals surface area contributed by atoms with Gasteiger partial charge in [-0.1, -0.05) is 30.3 Å². The van der Waals surface area contributed by atoms with Crippen LogP contribution in [0.4, 0.5) is 5.69 Å². The predicted molar refractivity (Wildman–Crippen MR) is 76.3 cm³/mol. The van der Waals surface area contributed by atoms with Crippen LogP contribution in [-0.2, 0) is 9.59 Å². The number of hydrogen-bond acceptors (Lipinski definition) is 4. The minimum Gasteiger partial charge on any atom is -0.340 e. The quantitative estimate of drug-likeness (QED) is 0.894. The van der Waals surface area contributed by atoms with Crippen molar-refractivity contribution in [1.29, 1.82) is 0 Å². The third-order valence-corrected chi connectivity index (χ3v) is 3.37. The Bertz CT molecular complexity index is 645. The lowest BCUT2D eigenvalue weighted by Gasteiger charge is -2.23. The maximum Gasteiger partial charge on any atom is 0.254 e. The maximum absolute atomic E-state index is 12.7. The molecule has 0 spiro atoms. The number of amides is 2. The molecule has 0 aliphatic carbocycles. The van der Waals surface area contributed by atoms with Crippen LogP contribution < -0.4 is 10.2 Å². The molecular weight excluding hydrogens is 268 g/mol. The van der Waals surface area contributed by atoms with Crippen molar-refractivity contribution >= 4 is 17.5 Å². The number of nitrogens with zero attached hydrogens (tertiary/aromatic N) is 3. The zero-order chi connectivity index (χ0) is 14.7. The zero-order valence-electron chi connectivity index (χ0n) is 11.3. The molecular formula is C15H14N4O2. The van der Waals surface area contributed by atoms with E-state index in [-0.39, 0.29) is 18.2 Å². The molecule has 1 aromatic heterocycles. The Morgan fingerprint density at radius 3 is 2.52 bits per heavy atom. The number of hydrogen-bond donors (Lipinski definition) is 1. The number of carbonyl (C=O) groups is 2. The van der Waals surface area contributed by atoms with Crippen molar-refractivity contribution in [1.82, 2.24) is 15.3 Å². The number of nitrogens with one attached hydrogen (secondary N) is 1. The van der Waals surface area contributed by atoms with Gasteiger partial charge in [-0.2, -0.15) is 0 Å². The van der Waals surface area contributed by atoms with Gasteiger partial charge in [-0.15, -0.1) is 0 Å². The van der Waals surface area contributed by atoms with E-state index in [9.17, 15) is 9.59 Å². The van der Waals surface area contributed by atoms with Crippen molar-refractivity contribution in [2.75, 3.05) is 11.4 Å². The van der Waals surface area contributed by atoms with Gasteiger partial charge >= 0.3 is 0 Å². The van der Waals surface area contributed by atoms with E-state index in [0.717, 1.165) is 5.56 Å². The average molecular weight is 282 g/mol. The summed E-state index contributed by atoms with van der Waals surface area (Å²) in [5, 5.41) is 2.77. The molecule has 106 valence electrons. The van der Waals surface area contributed by atoms with Crippen molar-refractivity contribution in [2.24, 2.45) is 0 Å². The fourth-order valence-corrected chi connectivity index (χ4v) is 2.33. The molecule has 21 heavy (non-hydrogen) atoms. The Kier molecular flexibility index (Phi) is 3.59. The Morgan fingerprint density at radius 1 is 1.10 bits per heavy atom. The Hall–Kier alpha value is -2.76. The van der Waals surface area contributed by atoms with Crippen LogP contribution in [-0.4, -0.2) is 28.3 Å². The summed E-state index contributed by atoms with van der Waals surface area (Å²) in [5.41, 5.74) is 1.36. The number of aromatic nitrogens is 2. The lowest BCUT2D eigenvalue weighted by atomic mass is 10.1. The van der Waals surface area contributed by atoms with E-state index < -0.39 is 6.04 Å². The second-order valence-corrected chi connectivity index (χ2v) is 4.75. The Balaban J connectivity index is 1.97. The van der Waals surface area contributed by atoms with Gasteiger partial charge in [0.05, 0.1) is 18.1 Å². The Labute approximate surface area is 121 Å². The van der Waals surface area contributed by atoms with E-state index in [1.165, 1.54) is 6.33 Å². The normalized spacial score (nSPS) is 19.0. The molecule has 0 saturated carbocycles. The van der Waals surface area contributed by atoms with Crippen molar-refractivity contribution in [2.45, 2.75) is 12.5 Å². The highest BCUT2D eigenvalue weighted by atomic mass is 16.2. The van der Waals surface area contributed by atoms with Gasteiger partial charge in [-0.25, -0.2) is 9.97 Å². The molecule has 0 bridgehead atoms. The van der Waals surface area contributed by atoms with Crippen LogP contribution in [0.3, 0.4) is 0 Å². The lowest BCUT2D eigenvalue weighted by Crippen LogP contribution is -2.38. The second kappa shape index (κ2) is 5.70. The van der Waals surface area contributed by atoms with Crippen LogP contribution >= 0.6 is 0 Å². The highest BCUT2D eigenvalue weighted by Gasteiger charge is 2.31. The molecule has 1 atom stereocenters. The molecule has 1 aliphatic rings. The standard InChI is InChI=1S/C15H14N4O2/c20-13-6-7-19(12-8-16-10-17-9-12)15(21)14(18-13)11-4-2-1-3-5-11/h1-5,8-10,14H,6-7H2,(H,18,20). The first-order valence-corrected chi connectivity index (χ1v) is 6.66. The first kappa shape index (κ1) is 13.2. The van der Waals surface area contributed by atoms with Gasteiger partial charge in [0.15, 0.2) is 0 Å². The fraction of sp³-hybridized carbons (Fsp3) is 0.200. The average Bonchev–Trinajstić information content (AvgIpc) is 2.68. The number of anilines is 1. The van der Waals surface area contributed by atoms with Crippen LogP contribution in [0.1, 0.15) is 18.0 Å². The van der Waals surface area contributed by atoms with Crippen molar-refractivity contribution < 1.29 is 9.59 Å². The molecule has 1 aromatic carbocycles. The first-order chi connectivity index (χ1) is 10.3. The van der Waals surface area contributed by atoms with E-state index in [1.807, 2.05) is 30.3 Å². The summed E-state index contributed by atoms with van der Waals surface area (Å²) in [6.07, 6.45) is 4.80. The highest BCUT2D eigenvalue weighted by Crippen LogP contribution is 2.22. The molecule has 2 heterocycles. The van der Waals surface area contributed by atoms with Gasteiger partial charge in [0, 0.05) is 13.0 Å². The van der Waals surface area contributed by atoms with Crippen molar-refractivity contribution in [3.8, 4) is 0 Å². The molecule has 1 aliphatic heterocycles. The van der Waals surface area contributed by atoms with Gasteiger partial charge in [0.25, 0.3) is 5.91 Å². The minimum atomic E-state index is -0.679. The van der Waals surface area contributed by atoms with E-state index >= 15 is 0 Å². The molecule has 1 saturated heterocycles. The smallest absolute Gasteiger partial charge is 0.254 e. The van der Waals surface area contributed by atoms with Gasteiger partial charge in [-0.3, -0.25) is 9.59 Å². The van der Waals surface area contributed by atoms with E-state index in [4.69, 9.17) is 0 Å². The first-order valence-electron chi connectivity index (χ1n) is 6.66. The number of benzene rings is 1. The third kappa shape index (κ3) is 2.74. The summed E-state index contributed by atoms with van der Waals surface area (Å²) in [6.45, 7) is 0.321. The molecule has 6 nitrogen and oxygen atoms in total. The molecule has 1 unspecified atom stereocenters. The molecule has 1 fully saturated rings. The van der Waals surface area contributed by atoms with Crippen LogP contribution in [0, 0.1) is 0 Å². The SMILES string of the molecule is O=C1CCN(c2cncnc2)C(=O)C(c2ccccc2)N1. The van der Waals surface area contributed by atoms with Crippen LogP contribution in [0.25, 0.3) is 0 Å². The second-order valence-electron chi connectivity index (χ2n) is 4.75. The summed E-state index contributed by atoms with van der Waals surface area (Å²) in [7, 11) is 0. The van der Waals surface area contributed by atoms with E-state index in [1.54, 1.807) is 17.3 Å². The van der Waals surface area contributed by atoms with Crippen LogP contribution in [0.2, 0.25) is 0 Å². The van der Waals surface area contributed by atoms with Gasteiger partial charge < -0.3 is 10.2 Å². The summed E-state index contributed by atoms with van der Waals surface area (Å²) < 4.78 is 0. The number of rotatable bonds is 2. The predicted octanol–water partition coefficient (Wildman–Crippen LogP) is 1.07. The molecule has 3 rings (SSSR count). The monoisotopic (exact) mass is 282 g/mol. The lowest BCUT2D eigenvalue weighted by molar-refractivity contribution is -0.125. The largest absolute Gasteiger partial charge is 0.340 e. The topological polar surface area (TPSA) is 75.2 Å². The van der Waals surface area contributed by atoms with E-state index in [0.29, 0.717) is 12.2 Å². The summed E-state index contributed by atoms with van der Waals surface area (Å²) in [4.78, 5) is 34.0. The molecule has 6 heteroatoms. The number of carbonyl (C=O) groups excluding carboxylic acids is 2. The third-order valence-electron chi connectivity index (χ3n) is 3.37. The zero-order valence-corrected chi connectivity index (χ0v) is 11.3. The van der Waals surface area contributed by atoms with Gasteiger partial charge in [-0.05, 0) is 5.56 Å². The van der Waals surface area contributed by atoms with Gasteiger partial charge in [0.1, 0.15) is 12.4 Å². The van der Waals surface area contributed by atoms with Gasteiger partial charge in [0.2, 0.25) is 5.91 Å². The Morgan fingerprint density at radius 2 is 1.81 bits per heavy atom. The molecule has 2 aromatic rings. The van der Waals surface area contributed by atoms with Crippen molar-refractivity contribution in [3.05, 3.63) is 54.6 Å². The molecule has 0 radical (unpaired) electrons. The highest BCUT2D eigenvalue weighted by molar-refractivity contribution is 6.01. The summed E-state index contributed by atoms with van der Waals surface area (Å²) in [6, 6.07) is 8.53. The summed E-state index contributed by atoms with van der Waals surface area (Å²) in [5.74, 6) is -0.321. The maximum atomic E-state index is 12.7. The van der Waals surface area contributed by atoms with E-state index in [2.05, 4.69) is 15.3 Å². The van der Waals surface area contributed by atoms with Crippen LogP contribution in [0.15, 0.2) is 49.1 Å². The fourth-order valence-electron chi connectivity index (χ4n) is 2.33. The molecule has 1 N–H and O–H groups in total. The summed E-state index contributed by atoms with van der Waals surface area (Å²) >= 11 is 0. The van der Waals surface area contributed by atoms with Crippen LogP contribution in [0.5, 0.6) is 0 Å².